The Hall–Kier alpha value is -3.03. The molecule has 0 radical (unpaired) electrons. The smallest absolute Gasteiger partial charge is 0.272 e. The maximum Gasteiger partial charge on any atom is 0.272 e. The molecule has 0 unspecified atom stereocenters. The van der Waals surface area contributed by atoms with Gasteiger partial charge in [0, 0.05) is 38.0 Å². The van der Waals surface area contributed by atoms with Crippen LogP contribution in [-0.4, -0.2) is 36.8 Å². The number of hydrogen-bond acceptors (Lipinski definition) is 5. The van der Waals surface area contributed by atoms with Crippen LogP contribution in [0.3, 0.4) is 0 Å². The van der Waals surface area contributed by atoms with Crippen LogP contribution in [0.15, 0.2) is 23.0 Å². The van der Waals surface area contributed by atoms with Crippen molar-refractivity contribution < 1.29 is 4.79 Å². The van der Waals surface area contributed by atoms with Gasteiger partial charge in [-0.15, -0.1) is 10.2 Å². The van der Waals surface area contributed by atoms with Crippen molar-refractivity contribution in [2.75, 3.05) is 6.54 Å². The van der Waals surface area contributed by atoms with Crippen LogP contribution >= 0.6 is 0 Å². The quantitative estimate of drug-likeness (QED) is 0.733. The molecule has 0 spiro atoms. The molecule has 8 heteroatoms. The van der Waals surface area contributed by atoms with Gasteiger partial charge in [0.15, 0.2) is 0 Å². The second-order valence-electron chi connectivity index (χ2n) is 6.74. The van der Waals surface area contributed by atoms with E-state index in [0.29, 0.717) is 36.3 Å². The fourth-order valence-electron chi connectivity index (χ4n) is 3.62. The molecule has 0 saturated heterocycles. The van der Waals surface area contributed by atoms with Gasteiger partial charge in [0.05, 0.1) is 11.0 Å². The van der Waals surface area contributed by atoms with Crippen molar-refractivity contribution in [1.29, 1.82) is 0 Å². The molecule has 1 aliphatic rings. The molecule has 0 atom stereocenters. The summed E-state index contributed by atoms with van der Waals surface area (Å²) in [5.41, 5.74) is 2.26. The monoisotopic (exact) mass is 366 g/mol. The summed E-state index contributed by atoms with van der Waals surface area (Å²) >= 11 is 0. The molecule has 4 rings (SSSR count). The number of aryl methyl sites for hydroxylation is 3. The first kappa shape index (κ1) is 17.4. The van der Waals surface area contributed by atoms with Crippen LogP contribution in [0.4, 0.5) is 0 Å². The third-order valence-corrected chi connectivity index (χ3v) is 5.01. The molecular weight excluding hydrogens is 344 g/mol. The van der Waals surface area contributed by atoms with Crippen LogP contribution in [0.5, 0.6) is 0 Å². The fraction of sp³-hybridized carbons (Fsp3) is 0.421. The summed E-state index contributed by atoms with van der Waals surface area (Å²) in [7, 11) is 0. The fourth-order valence-corrected chi connectivity index (χ4v) is 3.62. The van der Waals surface area contributed by atoms with Crippen LogP contribution in [0.2, 0.25) is 0 Å². The summed E-state index contributed by atoms with van der Waals surface area (Å²) in [6.45, 7) is 5.63. The molecule has 140 valence electrons. The largest absolute Gasteiger partial charge is 0.352 e. The topological polar surface area (TPSA) is 94.7 Å². The van der Waals surface area contributed by atoms with E-state index in [1.807, 2.05) is 6.92 Å². The molecule has 3 aromatic rings. The van der Waals surface area contributed by atoms with Crippen LogP contribution in [-0.2, 0) is 25.9 Å². The molecule has 3 heterocycles. The van der Waals surface area contributed by atoms with E-state index < -0.39 is 0 Å². The minimum atomic E-state index is -0.160. The average molecular weight is 366 g/mol. The Morgan fingerprint density at radius 1 is 1.30 bits per heavy atom. The zero-order valence-corrected chi connectivity index (χ0v) is 15.5. The van der Waals surface area contributed by atoms with Gasteiger partial charge in [-0.05, 0) is 38.5 Å². The van der Waals surface area contributed by atoms with Gasteiger partial charge in [-0.25, -0.2) is 4.98 Å². The highest BCUT2D eigenvalue weighted by Crippen LogP contribution is 2.15. The summed E-state index contributed by atoms with van der Waals surface area (Å²) in [6.07, 6.45) is 2.74. The summed E-state index contributed by atoms with van der Waals surface area (Å²) in [5.74, 6) is 1.80. The van der Waals surface area contributed by atoms with Crippen molar-refractivity contribution in [3.05, 3.63) is 51.5 Å². The Balaban J connectivity index is 1.49. The minimum absolute atomic E-state index is 0.0944. The number of rotatable bonds is 5. The number of fused-ring (bicyclic) bond motifs is 2. The highest BCUT2D eigenvalue weighted by molar-refractivity contribution is 5.97. The van der Waals surface area contributed by atoms with Gasteiger partial charge in [-0.3, -0.25) is 9.59 Å². The lowest BCUT2D eigenvalue weighted by molar-refractivity contribution is 0.0954. The lowest BCUT2D eigenvalue weighted by atomic mass is 10.1. The zero-order valence-electron chi connectivity index (χ0n) is 15.5. The lowest BCUT2D eigenvalue weighted by Crippen LogP contribution is -2.27. The van der Waals surface area contributed by atoms with Crippen molar-refractivity contribution in [3.63, 3.8) is 0 Å². The Morgan fingerprint density at radius 2 is 2.15 bits per heavy atom. The Morgan fingerprint density at radius 3 is 2.96 bits per heavy atom. The van der Waals surface area contributed by atoms with Crippen molar-refractivity contribution in [2.24, 2.45) is 0 Å². The van der Waals surface area contributed by atoms with Crippen molar-refractivity contribution in [2.45, 2.75) is 46.2 Å². The number of aromatic nitrogens is 5. The lowest BCUT2D eigenvalue weighted by Gasteiger charge is -2.10. The number of carbonyl (C=O) groups excluding carboxylic acids is 1. The summed E-state index contributed by atoms with van der Waals surface area (Å²) in [4.78, 5) is 29.0. The van der Waals surface area contributed by atoms with Gasteiger partial charge < -0.3 is 14.5 Å². The first-order valence-electron chi connectivity index (χ1n) is 9.29. The van der Waals surface area contributed by atoms with E-state index >= 15 is 0 Å². The molecule has 0 saturated carbocycles. The molecule has 0 bridgehead atoms. The number of nitrogens with one attached hydrogen (secondary N) is 1. The van der Waals surface area contributed by atoms with Crippen LogP contribution in [0.25, 0.3) is 11.0 Å². The number of nitrogens with zero attached hydrogens (tertiary/aromatic N) is 5. The predicted molar refractivity (Wildman–Crippen MR) is 101 cm³/mol. The highest BCUT2D eigenvalue weighted by Gasteiger charge is 2.17. The van der Waals surface area contributed by atoms with Crippen molar-refractivity contribution in [1.82, 2.24) is 29.6 Å². The number of benzene rings is 1. The van der Waals surface area contributed by atoms with E-state index in [1.54, 1.807) is 29.7 Å². The van der Waals surface area contributed by atoms with Crippen LogP contribution < -0.4 is 10.9 Å². The molecule has 8 nitrogen and oxygen atoms in total. The van der Waals surface area contributed by atoms with E-state index in [1.165, 1.54) is 0 Å². The van der Waals surface area contributed by atoms with Gasteiger partial charge in [0.2, 0.25) is 0 Å². The predicted octanol–water partition coefficient (Wildman–Crippen LogP) is 1.24. The third kappa shape index (κ3) is 3.11. The molecule has 1 N–H and O–H groups in total. The summed E-state index contributed by atoms with van der Waals surface area (Å²) in [5, 5.41) is 11.3. The maximum atomic E-state index is 12.5. The molecule has 1 aromatic carbocycles. The summed E-state index contributed by atoms with van der Waals surface area (Å²) < 4.78 is 3.81. The van der Waals surface area contributed by atoms with Gasteiger partial charge in [-0.2, -0.15) is 0 Å². The molecule has 0 fully saturated rings. The standard InChI is InChI=1S/C19H22N6O2/c1-3-24-15-7-6-13(11-14(15)21-12(2)19(24)27)18(26)20-9-8-17-23-22-16-5-4-10-25(16)17/h6-7,11H,3-5,8-10H2,1-2H3,(H,20,26). The SMILES string of the molecule is CCn1c(=O)c(C)nc2cc(C(=O)NCCc3nnc4n3CCC4)ccc21. The highest BCUT2D eigenvalue weighted by atomic mass is 16.1. The average Bonchev–Trinajstić information content (AvgIpc) is 3.27. The number of carbonyl (C=O) groups is 1. The Bertz CT molecular complexity index is 1080. The second-order valence-corrected chi connectivity index (χ2v) is 6.74. The number of hydrogen-bond donors (Lipinski definition) is 1. The van der Waals surface area contributed by atoms with E-state index in [2.05, 4.69) is 25.1 Å². The zero-order chi connectivity index (χ0) is 19.0. The van der Waals surface area contributed by atoms with E-state index in [-0.39, 0.29) is 11.5 Å². The van der Waals surface area contributed by atoms with E-state index in [9.17, 15) is 9.59 Å². The normalized spacial score (nSPS) is 13.1. The molecule has 1 aliphatic heterocycles. The third-order valence-electron chi connectivity index (χ3n) is 5.01. The maximum absolute atomic E-state index is 12.5. The summed E-state index contributed by atoms with van der Waals surface area (Å²) in [6, 6.07) is 5.25. The molecule has 1 amide bonds. The van der Waals surface area contributed by atoms with Gasteiger partial charge in [0.1, 0.15) is 17.3 Å². The van der Waals surface area contributed by atoms with Gasteiger partial charge in [-0.1, -0.05) is 0 Å². The first-order valence-corrected chi connectivity index (χ1v) is 9.29. The van der Waals surface area contributed by atoms with E-state index in [4.69, 9.17) is 0 Å². The molecule has 2 aromatic heterocycles. The molecule has 27 heavy (non-hydrogen) atoms. The van der Waals surface area contributed by atoms with Crippen LogP contribution in [0.1, 0.15) is 41.0 Å². The molecular formula is C19H22N6O2. The van der Waals surface area contributed by atoms with Crippen molar-refractivity contribution in [3.8, 4) is 0 Å². The first-order chi connectivity index (χ1) is 13.1. The van der Waals surface area contributed by atoms with Gasteiger partial charge >= 0.3 is 0 Å². The van der Waals surface area contributed by atoms with Gasteiger partial charge in [0.25, 0.3) is 11.5 Å². The minimum Gasteiger partial charge on any atom is -0.352 e. The number of amides is 1. The van der Waals surface area contributed by atoms with Crippen molar-refractivity contribution >= 4 is 16.9 Å². The van der Waals surface area contributed by atoms with Crippen LogP contribution in [0, 0.1) is 6.92 Å². The van der Waals surface area contributed by atoms with E-state index in [0.717, 1.165) is 36.6 Å². The molecule has 0 aliphatic carbocycles. The Labute approximate surface area is 156 Å². The Kier molecular flexibility index (Phi) is 4.47. The second kappa shape index (κ2) is 6.94.